The van der Waals surface area contributed by atoms with Crippen LogP contribution in [-0.4, -0.2) is 78.5 Å². The number of hydrogen-bond acceptors (Lipinski definition) is 5. The minimum atomic E-state index is -4.40. The van der Waals surface area contributed by atoms with Gasteiger partial charge in [-0.2, -0.15) is 13.2 Å². The van der Waals surface area contributed by atoms with Gasteiger partial charge in [0.15, 0.2) is 0 Å². The molecule has 2 unspecified atom stereocenters. The van der Waals surface area contributed by atoms with E-state index in [4.69, 9.17) is 0 Å². The predicted octanol–water partition coefficient (Wildman–Crippen LogP) is 3.40. The largest absolute Gasteiger partial charge is 0.417 e. The second kappa shape index (κ2) is 9.13. The molecule has 1 saturated heterocycles. The van der Waals surface area contributed by atoms with Gasteiger partial charge in [-0.15, -0.1) is 0 Å². The van der Waals surface area contributed by atoms with Gasteiger partial charge < -0.3 is 15.1 Å². The highest BCUT2D eigenvalue weighted by Gasteiger charge is 2.59. The fourth-order valence-corrected chi connectivity index (χ4v) is 7.70. The third kappa shape index (κ3) is 4.70. The molecule has 4 aliphatic carbocycles. The highest BCUT2D eigenvalue weighted by molar-refractivity contribution is 5.86. The zero-order valence-corrected chi connectivity index (χ0v) is 22.1. The van der Waals surface area contributed by atoms with E-state index in [9.17, 15) is 22.8 Å². The average molecular weight is 522 g/mol. The van der Waals surface area contributed by atoms with E-state index in [1.807, 2.05) is 32.8 Å². The summed E-state index contributed by atoms with van der Waals surface area (Å²) in [5.41, 5.74) is -1.72. The summed E-state index contributed by atoms with van der Waals surface area (Å²) in [6, 6.07) is 2.59. The van der Waals surface area contributed by atoms with Gasteiger partial charge in [-0.05, 0) is 75.8 Å². The highest BCUT2D eigenvalue weighted by Crippen LogP contribution is 2.60. The zero-order valence-electron chi connectivity index (χ0n) is 22.1. The molecule has 0 radical (unpaired) electrons. The van der Waals surface area contributed by atoms with E-state index in [0.29, 0.717) is 49.8 Å². The lowest BCUT2D eigenvalue weighted by molar-refractivity contribution is -0.159. The Labute approximate surface area is 216 Å². The molecule has 4 bridgehead atoms. The fraction of sp³-hybridized carbons (Fsp3) is 0.741. The first kappa shape index (κ1) is 26.3. The Morgan fingerprint density at radius 1 is 1.03 bits per heavy atom. The van der Waals surface area contributed by atoms with Crippen LogP contribution in [0.1, 0.15) is 51.5 Å². The van der Waals surface area contributed by atoms with Crippen molar-refractivity contribution in [3.05, 3.63) is 23.9 Å². The molecule has 204 valence electrons. The van der Waals surface area contributed by atoms with Gasteiger partial charge in [0.25, 0.3) is 0 Å². The number of nitrogens with one attached hydrogen (secondary N) is 1. The van der Waals surface area contributed by atoms with Crippen LogP contribution < -0.4 is 10.2 Å². The van der Waals surface area contributed by atoms with E-state index in [1.165, 1.54) is 6.07 Å². The second-order valence-electron chi connectivity index (χ2n) is 12.4. The first-order valence-corrected chi connectivity index (χ1v) is 13.4. The van der Waals surface area contributed by atoms with Crippen LogP contribution in [0.25, 0.3) is 0 Å². The van der Waals surface area contributed by atoms with Gasteiger partial charge in [0, 0.05) is 52.5 Å². The van der Waals surface area contributed by atoms with Crippen molar-refractivity contribution in [2.75, 3.05) is 45.2 Å². The summed E-state index contributed by atoms with van der Waals surface area (Å²) >= 11 is 0. The summed E-state index contributed by atoms with van der Waals surface area (Å²) in [5.74, 6) is 2.05. The number of carbonyl (C=O) groups is 2. The number of aromatic nitrogens is 1. The van der Waals surface area contributed by atoms with Gasteiger partial charge >= 0.3 is 6.18 Å². The molecule has 4 saturated carbocycles. The van der Waals surface area contributed by atoms with Crippen LogP contribution in [0.2, 0.25) is 0 Å². The molecule has 0 spiro atoms. The minimum absolute atomic E-state index is 0.0130. The van der Waals surface area contributed by atoms with Crippen LogP contribution in [-0.2, 0) is 15.8 Å². The normalized spacial score (nSPS) is 31.9. The maximum Gasteiger partial charge on any atom is 0.417 e. The summed E-state index contributed by atoms with van der Waals surface area (Å²) < 4.78 is 38.6. The summed E-state index contributed by atoms with van der Waals surface area (Å²) in [7, 11) is 3.69. The van der Waals surface area contributed by atoms with Gasteiger partial charge in [0.1, 0.15) is 5.82 Å². The molecular weight excluding hydrogens is 483 g/mol. The molecule has 2 heterocycles. The van der Waals surface area contributed by atoms with Crippen molar-refractivity contribution >= 4 is 17.6 Å². The number of amides is 2. The Balaban J connectivity index is 1.20. The van der Waals surface area contributed by atoms with Crippen LogP contribution in [0.15, 0.2) is 18.3 Å². The molecule has 7 nitrogen and oxygen atoms in total. The molecule has 10 heteroatoms. The standard InChI is InChI=1S/C27H38F3N5O2/c1-25(2,35-9-7-34(8-10-35)21-6-5-20(16-31-21)27(28,29)30)23(36)32-22-18-11-17-12-19(22)15-26(13-17,14-18)24(37)33(3)4/h5-6,16-19,22H,7-15H2,1-4H3,(H,32,36). The smallest absolute Gasteiger partial charge is 0.354 e. The molecule has 1 aliphatic heterocycles. The molecule has 37 heavy (non-hydrogen) atoms. The number of alkyl halides is 3. The summed E-state index contributed by atoms with van der Waals surface area (Å²) in [6.45, 7) is 6.29. The quantitative estimate of drug-likeness (QED) is 0.644. The molecule has 2 atom stereocenters. The molecule has 6 rings (SSSR count). The lowest BCUT2D eigenvalue weighted by Crippen LogP contribution is -2.66. The maximum absolute atomic E-state index is 13.6. The van der Waals surface area contributed by atoms with Crippen molar-refractivity contribution in [1.29, 1.82) is 0 Å². The molecule has 0 aromatic carbocycles. The molecule has 5 aliphatic rings. The van der Waals surface area contributed by atoms with Gasteiger partial charge in [-0.25, -0.2) is 4.98 Å². The van der Waals surface area contributed by atoms with Crippen molar-refractivity contribution in [3.63, 3.8) is 0 Å². The van der Waals surface area contributed by atoms with Crippen LogP contribution in [0.3, 0.4) is 0 Å². The molecule has 2 amide bonds. The average Bonchev–Trinajstić information content (AvgIpc) is 2.84. The van der Waals surface area contributed by atoms with E-state index in [-0.39, 0.29) is 23.3 Å². The summed E-state index contributed by atoms with van der Waals surface area (Å²) in [6.07, 6.45) is 1.36. The number of piperazine rings is 1. The van der Waals surface area contributed by atoms with Gasteiger partial charge in [-0.1, -0.05) is 0 Å². The number of pyridine rings is 1. The van der Waals surface area contributed by atoms with Gasteiger partial charge in [-0.3, -0.25) is 14.5 Å². The maximum atomic E-state index is 13.6. The van der Waals surface area contributed by atoms with E-state index in [0.717, 1.165) is 44.4 Å². The third-order valence-electron chi connectivity index (χ3n) is 9.46. The Kier molecular flexibility index (Phi) is 6.48. The first-order chi connectivity index (χ1) is 17.3. The predicted molar refractivity (Wildman–Crippen MR) is 134 cm³/mol. The first-order valence-electron chi connectivity index (χ1n) is 13.4. The Hall–Kier alpha value is -2.36. The van der Waals surface area contributed by atoms with E-state index < -0.39 is 17.3 Å². The topological polar surface area (TPSA) is 68.8 Å². The van der Waals surface area contributed by atoms with Crippen LogP contribution in [0.4, 0.5) is 19.0 Å². The number of hydrogen-bond donors (Lipinski definition) is 1. The molecule has 1 aromatic rings. The third-order valence-corrected chi connectivity index (χ3v) is 9.46. The SMILES string of the molecule is CN(C)C(=O)C12CC3CC(C1)C(NC(=O)C(C)(C)N1CCN(c4ccc(C(F)(F)F)cn4)CC1)C(C3)C2. The Bertz CT molecular complexity index is 1020. The summed E-state index contributed by atoms with van der Waals surface area (Å²) in [5, 5.41) is 3.41. The number of carbonyl (C=O) groups excluding carboxylic acids is 2. The van der Waals surface area contributed by atoms with E-state index in [2.05, 4.69) is 15.2 Å². The Morgan fingerprint density at radius 3 is 2.16 bits per heavy atom. The van der Waals surface area contributed by atoms with Gasteiger partial charge in [0.05, 0.1) is 16.5 Å². The van der Waals surface area contributed by atoms with Crippen molar-refractivity contribution in [2.24, 2.45) is 23.2 Å². The van der Waals surface area contributed by atoms with Gasteiger partial charge in [0.2, 0.25) is 11.8 Å². The van der Waals surface area contributed by atoms with E-state index in [1.54, 1.807) is 4.90 Å². The van der Waals surface area contributed by atoms with Crippen LogP contribution in [0.5, 0.6) is 0 Å². The zero-order chi connectivity index (χ0) is 26.8. The fourth-order valence-electron chi connectivity index (χ4n) is 7.70. The Morgan fingerprint density at radius 2 is 1.65 bits per heavy atom. The highest BCUT2D eigenvalue weighted by atomic mass is 19.4. The molecule has 1 N–H and O–H groups in total. The van der Waals surface area contributed by atoms with Crippen molar-refractivity contribution < 1.29 is 22.8 Å². The summed E-state index contributed by atoms with van der Waals surface area (Å²) in [4.78, 5) is 36.5. The van der Waals surface area contributed by atoms with Crippen LogP contribution >= 0.6 is 0 Å². The molecule has 1 aromatic heterocycles. The van der Waals surface area contributed by atoms with E-state index >= 15 is 0 Å². The lowest BCUT2D eigenvalue weighted by Gasteiger charge is -2.60. The number of nitrogens with zero attached hydrogens (tertiary/aromatic N) is 4. The van der Waals surface area contributed by atoms with Crippen molar-refractivity contribution in [1.82, 2.24) is 20.1 Å². The molecular formula is C27H38F3N5O2. The lowest BCUT2D eigenvalue weighted by atomic mass is 9.47. The van der Waals surface area contributed by atoms with Crippen molar-refractivity contribution in [3.8, 4) is 0 Å². The molecule has 5 fully saturated rings. The monoisotopic (exact) mass is 521 g/mol. The van der Waals surface area contributed by atoms with Crippen molar-refractivity contribution in [2.45, 2.75) is 63.7 Å². The number of anilines is 1. The second-order valence-corrected chi connectivity index (χ2v) is 12.4. The van der Waals surface area contributed by atoms with Crippen LogP contribution in [0, 0.1) is 23.2 Å². The minimum Gasteiger partial charge on any atom is -0.354 e. The number of halogens is 3. The number of rotatable bonds is 5.